The number of thiazole rings is 1. The van der Waals surface area contributed by atoms with Gasteiger partial charge in [-0.2, -0.15) is 0 Å². The summed E-state index contributed by atoms with van der Waals surface area (Å²) < 4.78 is 11.0. The van der Waals surface area contributed by atoms with Crippen molar-refractivity contribution in [2.45, 2.75) is 13.5 Å². The third-order valence-electron chi connectivity index (χ3n) is 3.58. The highest BCUT2D eigenvalue weighted by atomic mass is 32.1. The molecule has 0 radical (unpaired) electrons. The van der Waals surface area contributed by atoms with Crippen LogP contribution in [0.15, 0.2) is 47.8 Å². The van der Waals surface area contributed by atoms with E-state index in [-0.39, 0.29) is 18.0 Å². The maximum absolute atomic E-state index is 11.1. The summed E-state index contributed by atoms with van der Waals surface area (Å²) in [4.78, 5) is 15.2. The highest BCUT2D eigenvalue weighted by molar-refractivity contribution is 7.13. The van der Waals surface area contributed by atoms with Crippen LogP contribution in [0.5, 0.6) is 11.5 Å². The molecular formula is C18H16N2O4S. The fourth-order valence-corrected chi connectivity index (χ4v) is 3.19. The molecule has 0 atom stereocenters. The van der Waals surface area contributed by atoms with E-state index in [0.29, 0.717) is 5.69 Å². The first kappa shape index (κ1) is 16.9. The Kier molecular flexibility index (Phi) is 4.95. The SMILES string of the molecule is COc1ccccc1-c1nc(COc2cc(C)ccc2[N+](=O)[O-])cs1. The van der Waals surface area contributed by atoms with Crippen LogP contribution in [0.4, 0.5) is 5.69 Å². The number of nitrogens with zero attached hydrogens (tertiary/aromatic N) is 2. The lowest BCUT2D eigenvalue weighted by Gasteiger charge is -2.06. The van der Waals surface area contributed by atoms with Gasteiger partial charge in [-0.25, -0.2) is 4.98 Å². The monoisotopic (exact) mass is 356 g/mol. The zero-order chi connectivity index (χ0) is 17.8. The summed E-state index contributed by atoms with van der Waals surface area (Å²) in [5, 5.41) is 13.8. The lowest BCUT2D eigenvalue weighted by Crippen LogP contribution is -2.00. The van der Waals surface area contributed by atoms with Gasteiger partial charge in [-0.15, -0.1) is 11.3 Å². The lowest BCUT2D eigenvalue weighted by atomic mass is 10.2. The Balaban J connectivity index is 1.79. The number of hydrogen-bond donors (Lipinski definition) is 0. The van der Waals surface area contributed by atoms with Crippen LogP contribution in [0.2, 0.25) is 0 Å². The zero-order valence-corrected chi connectivity index (χ0v) is 14.6. The van der Waals surface area contributed by atoms with Crippen molar-refractivity contribution in [2.24, 2.45) is 0 Å². The van der Waals surface area contributed by atoms with Crippen molar-refractivity contribution in [1.29, 1.82) is 0 Å². The van der Waals surface area contributed by atoms with Gasteiger partial charge >= 0.3 is 5.69 Å². The highest BCUT2D eigenvalue weighted by Crippen LogP contribution is 2.33. The molecule has 25 heavy (non-hydrogen) atoms. The van der Waals surface area contributed by atoms with Crippen LogP contribution in [-0.4, -0.2) is 17.0 Å². The molecule has 2 aromatic carbocycles. The van der Waals surface area contributed by atoms with E-state index < -0.39 is 4.92 Å². The third-order valence-corrected chi connectivity index (χ3v) is 4.50. The van der Waals surface area contributed by atoms with Crippen LogP contribution in [0.25, 0.3) is 10.6 Å². The molecule has 7 heteroatoms. The first-order valence-corrected chi connectivity index (χ1v) is 8.42. The van der Waals surface area contributed by atoms with Crippen LogP contribution < -0.4 is 9.47 Å². The minimum Gasteiger partial charge on any atom is -0.496 e. The number of hydrogen-bond acceptors (Lipinski definition) is 6. The second-order valence-electron chi connectivity index (χ2n) is 5.36. The molecule has 0 bridgehead atoms. The number of nitro benzene ring substituents is 1. The number of benzene rings is 2. The second kappa shape index (κ2) is 7.31. The van der Waals surface area contributed by atoms with Gasteiger partial charge in [0.25, 0.3) is 0 Å². The molecule has 0 aliphatic carbocycles. The summed E-state index contributed by atoms with van der Waals surface area (Å²) in [5.74, 6) is 0.996. The lowest BCUT2D eigenvalue weighted by molar-refractivity contribution is -0.386. The van der Waals surface area contributed by atoms with Crippen molar-refractivity contribution in [1.82, 2.24) is 4.98 Å². The van der Waals surface area contributed by atoms with E-state index in [4.69, 9.17) is 9.47 Å². The first-order valence-electron chi connectivity index (χ1n) is 7.54. The molecule has 3 aromatic rings. The molecule has 0 fully saturated rings. The summed E-state index contributed by atoms with van der Waals surface area (Å²) in [5.41, 5.74) is 2.46. The molecule has 3 rings (SSSR count). The molecule has 0 amide bonds. The maximum Gasteiger partial charge on any atom is 0.310 e. The van der Waals surface area contributed by atoms with Crippen LogP contribution >= 0.6 is 11.3 Å². The Bertz CT molecular complexity index is 908. The fourth-order valence-electron chi connectivity index (χ4n) is 2.36. The molecule has 0 spiro atoms. The van der Waals surface area contributed by atoms with Crippen molar-refractivity contribution in [3.8, 4) is 22.1 Å². The molecule has 0 saturated carbocycles. The zero-order valence-electron chi connectivity index (χ0n) is 13.8. The molecule has 0 aliphatic rings. The number of aromatic nitrogens is 1. The minimum atomic E-state index is -0.448. The Labute approximate surface area is 148 Å². The Morgan fingerprint density at radius 2 is 2.00 bits per heavy atom. The quantitative estimate of drug-likeness (QED) is 0.476. The van der Waals surface area contributed by atoms with E-state index in [2.05, 4.69) is 4.98 Å². The fraction of sp³-hybridized carbons (Fsp3) is 0.167. The number of nitro groups is 1. The molecule has 6 nitrogen and oxygen atoms in total. The standard InChI is InChI=1S/C18H16N2O4S/c1-12-7-8-15(20(21)22)17(9-12)24-10-13-11-25-18(19-13)14-5-3-4-6-16(14)23-2/h3-9,11H,10H2,1-2H3. The van der Waals surface area contributed by atoms with E-state index in [1.54, 1.807) is 19.2 Å². The Morgan fingerprint density at radius 3 is 2.76 bits per heavy atom. The normalized spacial score (nSPS) is 10.5. The molecule has 0 N–H and O–H groups in total. The smallest absolute Gasteiger partial charge is 0.310 e. The van der Waals surface area contributed by atoms with Gasteiger partial charge in [0.2, 0.25) is 0 Å². The predicted molar refractivity (Wildman–Crippen MR) is 96.3 cm³/mol. The van der Waals surface area contributed by atoms with Crippen LogP contribution in [0, 0.1) is 17.0 Å². The molecule has 0 saturated heterocycles. The summed E-state index contributed by atoms with van der Waals surface area (Å²) in [7, 11) is 1.62. The number of rotatable bonds is 6. The number of para-hydroxylation sites is 1. The largest absolute Gasteiger partial charge is 0.496 e. The van der Waals surface area contributed by atoms with Gasteiger partial charge in [0.1, 0.15) is 17.4 Å². The average molecular weight is 356 g/mol. The number of ether oxygens (including phenoxy) is 2. The van der Waals surface area contributed by atoms with Crippen molar-refractivity contribution in [3.63, 3.8) is 0 Å². The molecule has 0 unspecified atom stereocenters. The van der Waals surface area contributed by atoms with Crippen molar-refractivity contribution in [3.05, 3.63) is 69.2 Å². The number of aryl methyl sites for hydroxylation is 1. The minimum absolute atomic E-state index is 0.0502. The average Bonchev–Trinajstić information content (AvgIpc) is 3.08. The molecule has 1 heterocycles. The van der Waals surface area contributed by atoms with Gasteiger partial charge in [-0.1, -0.05) is 18.2 Å². The first-order chi connectivity index (χ1) is 12.1. The van der Waals surface area contributed by atoms with Gasteiger partial charge in [0, 0.05) is 11.4 Å². The summed E-state index contributed by atoms with van der Waals surface area (Å²) in [6, 6.07) is 12.4. The highest BCUT2D eigenvalue weighted by Gasteiger charge is 2.16. The van der Waals surface area contributed by atoms with Gasteiger partial charge in [0.05, 0.1) is 23.3 Å². The van der Waals surface area contributed by atoms with Gasteiger partial charge in [-0.05, 0) is 30.7 Å². The molecular weight excluding hydrogens is 340 g/mol. The van der Waals surface area contributed by atoms with Gasteiger partial charge < -0.3 is 9.47 Å². The van der Waals surface area contributed by atoms with E-state index in [1.807, 2.05) is 36.6 Å². The van der Waals surface area contributed by atoms with Gasteiger partial charge in [-0.3, -0.25) is 10.1 Å². The van der Waals surface area contributed by atoms with Crippen LogP contribution in [-0.2, 0) is 6.61 Å². The predicted octanol–water partition coefficient (Wildman–Crippen LogP) is 4.61. The van der Waals surface area contributed by atoms with E-state index in [9.17, 15) is 10.1 Å². The second-order valence-corrected chi connectivity index (χ2v) is 6.22. The number of methoxy groups -OCH3 is 1. The van der Waals surface area contributed by atoms with Crippen LogP contribution in [0.1, 0.15) is 11.3 Å². The molecule has 0 aliphatic heterocycles. The Morgan fingerprint density at radius 1 is 1.20 bits per heavy atom. The summed E-state index contributed by atoms with van der Waals surface area (Å²) in [6.07, 6.45) is 0. The topological polar surface area (TPSA) is 74.5 Å². The summed E-state index contributed by atoms with van der Waals surface area (Å²) in [6.45, 7) is 2.02. The van der Waals surface area contributed by atoms with Crippen molar-refractivity contribution >= 4 is 17.0 Å². The summed E-state index contributed by atoms with van der Waals surface area (Å²) >= 11 is 1.48. The van der Waals surface area contributed by atoms with Crippen LogP contribution in [0.3, 0.4) is 0 Å². The van der Waals surface area contributed by atoms with E-state index >= 15 is 0 Å². The van der Waals surface area contributed by atoms with E-state index in [1.165, 1.54) is 17.4 Å². The maximum atomic E-state index is 11.1. The molecule has 128 valence electrons. The van der Waals surface area contributed by atoms with Gasteiger partial charge in [0.15, 0.2) is 5.75 Å². The molecule has 1 aromatic heterocycles. The van der Waals surface area contributed by atoms with E-state index in [0.717, 1.165) is 21.9 Å². The third kappa shape index (κ3) is 3.77. The van der Waals surface area contributed by atoms with Crippen molar-refractivity contribution in [2.75, 3.05) is 7.11 Å². The van der Waals surface area contributed by atoms with Crippen molar-refractivity contribution < 1.29 is 14.4 Å². The Hall–Kier alpha value is -2.93.